The quantitative estimate of drug-likeness (QED) is 0.615. The van der Waals surface area contributed by atoms with Gasteiger partial charge in [0.05, 0.1) is 17.2 Å². The Balaban J connectivity index is 1.81. The van der Waals surface area contributed by atoms with Gasteiger partial charge in [-0.05, 0) is 62.3 Å². The van der Waals surface area contributed by atoms with E-state index in [0.717, 1.165) is 38.4 Å². The predicted molar refractivity (Wildman–Crippen MR) is 77.6 cm³/mol. The molecular weight excluding hydrogens is 266 g/mol. The van der Waals surface area contributed by atoms with Crippen LogP contribution in [0.4, 0.5) is 0 Å². The lowest BCUT2D eigenvalue weighted by molar-refractivity contribution is -0.108. The van der Waals surface area contributed by atoms with Crippen molar-refractivity contribution in [2.75, 3.05) is 0 Å². The van der Waals surface area contributed by atoms with Crippen molar-refractivity contribution in [3.8, 4) is 6.07 Å². The van der Waals surface area contributed by atoms with E-state index in [1.165, 1.54) is 0 Å². The molecule has 1 aliphatic rings. The Morgan fingerprint density at radius 1 is 1.24 bits per heavy atom. The van der Waals surface area contributed by atoms with Crippen LogP contribution in [0.3, 0.4) is 0 Å². The number of rotatable bonds is 5. The standard InChI is InChI=1S/C17H19NO3/c18-12-14-3-7-15(8-4-14)17(20)21-16-9-5-13(6-10-16)2-1-11-19/h3-4,7-8,11,13,16H,1-2,5-6,9-10H2. The van der Waals surface area contributed by atoms with Crippen molar-refractivity contribution < 1.29 is 14.3 Å². The van der Waals surface area contributed by atoms with Crippen LogP contribution in [-0.2, 0) is 9.53 Å². The smallest absolute Gasteiger partial charge is 0.338 e. The predicted octanol–water partition coefficient (Wildman–Crippen LogP) is 3.25. The molecule has 110 valence electrons. The van der Waals surface area contributed by atoms with Gasteiger partial charge >= 0.3 is 5.97 Å². The third-order valence-corrected chi connectivity index (χ3v) is 4.01. The molecule has 0 amide bonds. The highest BCUT2D eigenvalue weighted by Crippen LogP contribution is 2.29. The topological polar surface area (TPSA) is 67.2 Å². The Morgan fingerprint density at radius 2 is 1.90 bits per heavy atom. The van der Waals surface area contributed by atoms with Crippen LogP contribution in [-0.4, -0.2) is 18.4 Å². The number of carbonyl (C=O) groups is 2. The third kappa shape index (κ3) is 4.42. The lowest BCUT2D eigenvalue weighted by Gasteiger charge is -2.27. The molecule has 0 bridgehead atoms. The molecule has 0 radical (unpaired) electrons. The fraction of sp³-hybridized carbons (Fsp3) is 0.471. The maximum absolute atomic E-state index is 12.0. The van der Waals surface area contributed by atoms with Crippen LogP contribution in [0.5, 0.6) is 0 Å². The van der Waals surface area contributed by atoms with Crippen LogP contribution >= 0.6 is 0 Å². The number of nitriles is 1. The Morgan fingerprint density at radius 3 is 2.48 bits per heavy atom. The van der Waals surface area contributed by atoms with Crippen LogP contribution in [0, 0.1) is 17.2 Å². The van der Waals surface area contributed by atoms with Gasteiger partial charge in [-0.25, -0.2) is 4.79 Å². The molecule has 0 atom stereocenters. The van der Waals surface area contributed by atoms with E-state index in [9.17, 15) is 9.59 Å². The second-order valence-electron chi connectivity index (χ2n) is 5.48. The lowest BCUT2D eigenvalue weighted by Crippen LogP contribution is -2.24. The lowest BCUT2D eigenvalue weighted by atomic mass is 9.84. The van der Waals surface area contributed by atoms with Crippen LogP contribution < -0.4 is 0 Å². The molecule has 1 aromatic carbocycles. The van der Waals surface area contributed by atoms with E-state index < -0.39 is 0 Å². The summed E-state index contributed by atoms with van der Waals surface area (Å²) in [5.74, 6) is 0.260. The number of benzene rings is 1. The first kappa shape index (κ1) is 15.2. The van der Waals surface area contributed by atoms with Crippen molar-refractivity contribution in [1.82, 2.24) is 0 Å². The molecule has 0 aliphatic heterocycles. The molecule has 0 aromatic heterocycles. The van der Waals surface area contributed by atoms with Crippen molar-refractivity contribution in [2.24, 2.45) is 5.92 Å². The van der Waals surface area contributed by atoms with Crippen LogP contribution in [0.25, 0.3) is 0 Å². The Hall–Kier alpha value is -2.15. The molecule has 1 aromatic rings. The van der Waals surface area contributed by atoms with Gasteiger partial charge in [-0.2, -0.15) is 5.26 Å². The summed E-state index contributed by atoms with van der Waals surface area (Å²) in [5.41, 5.74) is 1.01. The average molecular weight is 285 g/mol. The van der Waals surface area contributed by atoms with Crippen molar-refractivity contribution in [1.29, 1.82) is 5.26 Å². The molecule has 2 rings (SSSR count). The number of esters is 1. The summed E-state index contributed by atoms with van der Waals surface area (Å²) in [4.78, 5) is 22.4. The number of hydrogen-bond donors (Lipinski definition) is 0. The van der Waals surface area contributed by atoms with Crippen molar-refractivity contribution in [2.45, 2.75) is 44.6 Å². The monoisotopic (exact) mass is 285 g/mol. The maximum Gasteiger partial charge on any atom is 0.338 e. The molecule has 21 heavy (non-hydrogen) atoms. The van der Waals surface area contributed by atoms with Gasteiger partial charge in [0.1, 0.15) is 12.4 Å². The van der Waals surface area contributed by atoms with Crippen LogP contribution in [0.15, 0.2) is 24.3 Å². The molecule has 1 fully saturated rings. The second-order valence-corrected chi connectivity index (χ2v) is 5.48. The van der Waals surface area contributed by atoms with Gasteiger partial charge in [-0.3, -0.25) is 0 Å². The van der Waals surface area contributed by atoms with E-state index in [0.29, 0.717) is 23.5 Å². The first-order chi connectivity index (χ1) is 10.2. The Labute approximate surface area is 124 Å². The van der Waals surface area contributed by atoms with Gasteiger partial charge in [0.25, 0.3) is 0 Å². The van der Waals surface area contributed by atoms with Gasteiger partial charge in [0, 0.05) is 6.42 Å². The summed E-state index contributed by atoms with van der Waals surface area (Å²) >= 11 is 0. The normalized spacial score (nSPS) is 21.3. The zero-order chi connectivity index (χ0) is 15.1. The average Bonchev–Trinajstić information content (AvgIpc) is 2.54. The molecule has 0 N–H and O–H groups in total. The molecule has 0 unspecified atom stereocenters. The Bertz CT molecular complexity index is 522. The molecule has 0 heterocycles. The molecule has 4 nitrogen and oxygen atoms in total. The highest BCUT2D eigenvalue weighted by Gasteiger charge is 2.24. The summed E-state index contributed by atoms with van der Waals surface area (Å²) < 4.78 is 5.51. The number of carbonyl (C=O) groups excluding carboxylic acids is 2. The summed E-state index contributed by atoms with van der Waals surface area (Å²) in [7, 11) is 0. The second kappa shape index (κ2) is 7.58. The molecule has 1 saturated carbocycles. The summed E-state index contributed by atoms with van der Waals surface area (Å²) in [6.45, 7) is 0. The third-order valence-electron chi connectivity index (χ3n) is 4.01. The molecule has 0 saturated heterocycles. The number of hydrogen-bond acceptors (Lipinski definition) is 4. The summed E-state index contributed by atoms with van der Waals surface area (Å²) in [6, 6.07) is 8.50. The molecular formula is C17H19NO3. The molecule has 1 aliphatic carbocycles. The van der Waals surface area contributed by atoms with E-state index in [1.807, 2.05) is 6.07 Å². The summed E-state index contributed by atoms with van der Waals surface area (Å²) in [6.07, 6.45) is 6.27. The summed E-state index contributed by atoms with van der Waals surface area (Å²) in [5, 5.41) is 8.73. The molecule has 0 spiro atoms. The van der Waals surface area contributed by atoms with E-state index in [4.69, 9.17) is 10.00 Å². The highest BCUT2D eigenvalue weighted by atomic mass is 16.5. The van der Waals surface area contributed by atoms with Crippen LogP contribution in [0.1, 0.15) is 54.4 Å². The van der Waals surface area contributed by atoms with Crippen molar-refractivity contribution in [3.05, 3.63) is 35.4 Å². The van der Waals surface area contributed by atoms with Crippen LogP contribution in [0.2, 0.25) is 0 Å². The minimum absolute atomic E-state index is 0.0272. The van der Waals surface area contributed by atoms with Gasteiger partial charge in [-0.15, -0.1) is 0 Å². The maximum atomic E-state index is 12.0. The number of ether oxygens (including phenoxy) is 1. The van der Waals surface area contributed by atoms with Gasteiger partial charge in [0.2, 0.25) is 0 Å². The largest absolute Gasteiger partial charge is 0.459 e. The van der Waals surface area contributed by atoms with Crippen molar-refractivity contribution in [3.63, 3.8) is 0 Å². The zero-order valence-corrected chi connectivity index (χ0v) is 12.0. The van der Waals surface area contributed by atoms with Gasteiger partial charge in [0.15, 0.2) is 0 Å². The van der Waals surface area contributed by atoms with E-state index >= 15 is 0 Å². The fourth-order valence-electron chi connectivity index (χ4n) is 2.74. The minimum atomic E-state index is -0.323. The van der Waals surface area contributed by atoms with Gasteiger partial charge < -0.3 is 9.53 Å². The minimum Gasteiger partial charge on any atom is -0.459 e. The zero-order valence-electron chi connectivity index (χ0n) is 12.0. The van der Waals surface area contributed by atoms with E-state index in [1.54, 1.807) is 24.3 Å². The van der Waals surface area contributed by atoms with E-state index in [2.05, 4.69) is 0 Å². The Kier molecular flexibility index (Phi) is 5.51. The van der Waals surface area contributed by atoms with E-state index in [-0.39, 0.29) is 12.1 Å². The highest BCUT2D eigenvalue weighted by molar-refractivity contribution is 5.89. The molecule has 4 heteroatoms. The number of aldehydes is 1. The fourth-order valence-corrected chi connectivity index (χ4v) is 2.74. The first-order valence-electron chi connectivity index (χ1n) is 7.37. The van der Waals surface area contributed by atoms with Crippen molar-refractivity contribution >= 4 is 12.3 Å². The SMILES string of the molecule is N#Cc1ccc(C(=O)OC2CCC(CCC=O)CC2)cc1. The first-order valence-corrected chi connectivity index (χ1v) is 7.37. The number of nitrogens with zero attached hydrogens (tertiary/aromatic N) is 1. The van der Waals surface area contributed by atoms with Gasteiger partial charge in [-0.1, -0.05) is 0 Å².